The van der Waals surface area contributed by atoms with Crippen molar-refractivity contribution in [3.63, 3.8) is 0 Å². The molecule has 1 heterocycles. The summed E-state index contributed by atoms with van der Waals surface area (Å²) in [7, 11) is 0. The van der Waals surface area contributed by atoms with Gasteiger partial charge in [-0.05, 0) is 43.7 Å². The zero-order chi connectivity index (χ0) is 16.3. The maximum Gasteiger partial charge on any atom is 0.422 e. The zero-order valence-corrected chi connectivity index (χ0v) is 12.3. The summed E-state index contributed by atoms with van der Waals surface area (Å²) in [6, 6.07) is 6.48. The Balaban J connectivity index is 2.37. The fourth-order valence-electron chi connectivity index (χ4n) is 2.10. The van der Waals surface area contributed by atoms with Crippen molar-refractivity contribution in [2.45, 2.75) is 32.7 Å². The number of hydrogen-bond donors (Lipinski definition) is 1. The lowest BCUT2D eigenvalue weighted by Crippen LogP contribution is -2.19. The average molecular weight is 314 g/mol. The Kier molecular flexibility index (Phi) is 4.75. The Morgan fingerprint density at radius 2 is 2.00 bits per heavy atom. The van der Waals surface area contributed by atoms with Gasteiger partial charge in [-0.1, -0.05) is 0 Å². The predicted molar refractivity (Wildman–Crippen MR) is 75.5 cm³/mol. The van der Waals surface area contributed by atoms with E-state index in [0.717, 1.165) is 5.69 Å². The third-order valence-electron chi connectivity index (χ3n) is 3.01. The molecule has 0 amide bonds. The zero-order valence-electron chi connectivity index (χ0n) is 12.3. The summed E-state index contributed by atoms with van der Waals surface area (Å²) in [6.45, 7) is 2.25. The Labute approximate surface area is 126 Å². The number of alkyl halides is 3. The van der Waals surface area contributed by atoms with E-state index in [2.05, 4.69) is 5.10 Å². The first-order chi connectivity index (χ1) is 10.3. The van der Waals surface area contributed by atoms with Gasteiger partial charge in [0, 0.05) is 17.8 Å². The number of hydrogen-bond acceptors (Lipinski definition) is 3. The van der Waals surface area contributed by atoms with Crippen LogP contribution in [0.25, 0.3) is 11.3 Å². The molecule has 0 bridgehead atoms. The van der Waals surface area contributed by atoms with Crippen molar-refractivity contribution in [3.05, 3.63) is 36.0 Å². The predicted octanol–water partition coefficient (Wildman–Crippen LogP) is 3.56. The van der Waals surface area contributed by atoms with E-state index in [-0.39, 0.29) is 18.4 Å². The molecule has 4 nitrogen and oxygen atoms in total. The van der Waals surface area contributed by atoms with Crippen molar-refractivity contribution < 1.29 is 23.0 Å². The minimum absolute atomic E-state index is 0.0652. The van der Waals surface area contributed by atoms with Crippen LogP contribution < -0.4 is 4.74 Å². The number of benzene rings is 1. The quantitative estimate of drug-likeness (QED) is 0.918. The molecular weight excluding hydrogens is 297 g/mol. The van der Waals surface area contributed by atoms with Gasteiger partial charge < -0.3 is 9.84 Å². The van der Waals surface area contributed by atoms with Gasteiger partial charge in [-0.25, -0.2) is 0 Å². The van der Waals surface area contributed by atoms with Crippen molar-refractivity contribution in [1.82, 2.24) is 9.78 Å². The maximum absolute atomic E-state index is 12.3. The Hall–Kier alpha value is -2.02. The molecule has 0 aliphatic carbocycles. The van der Waals surface area contributed by atoms with Crippen LogP contribution in [0, 0.1) is 0 Å². The first kappa shape index (κ1) is 16.4. The average Bonchev–Trinajstić information content (AvgIpc) is 2.93. The van der Waals surface area contributed by atoms with E-state index in [0.29, 0.717) is 11.1 Å². The minimum Gasteiger partial charge on any atom is -0.484 e. The van der Waals surface area contributed by atoms with Gasteiger partial charge in [-0.3, -0.25) is 4.68 Å². The minimum atomic E-state index is -4.41. The molecule has 2 aromatic rings. The van der Waals surface area contributed by atoms with Crippen LogP contribution in [-0.4, -0.2) is 27.7 Å². The van der Waals surface area contributed by atoms with Gasteiger partial charge in [0.05, 0.1) is 12.3 Å². The van der Waals surface area contributed by atoms with Crippen LogP contribution in [0.2, 0.25) is 0 Å². The number of aliphatic hydroxyl groups is 1. The smallest absolute Gasteiger partial charge is 0.422 e. The molecule has 0 aliphatic rings. The largest absolute Gasteiger partial charge is 0.484 e. The lowest BCUT2D eigenvalue weighted by atomic mass is 10.1. The summed E-state index contributed by atoms with van der Waals surface area (Å²) < 4.78 is 43.4. The second-order valence-electron chi connectivity index (χ2n) is 5.18. The Bertz CT molecular complexity index is 636. The molecule has 0 aliphatic heterocycles. The fourth-order valence-corrected chi connectivity index (χ4v) is 2.10. The van der Waals surface area contributed by atoms with Crippen molar-refractivity contribution in [2.75, 3.05) is 6.61 Å². The van der Waals surface area contributed by atoms with E-state index >= 15 is 0 Å². The molecule has 0 saturated carbocycles. The van der Waals surface area contributed by atoms with Crippen molar-refractivity contribution in [1.29, 1.82) is 0 Å². The molecule has 0 saturated heterocycles. The molecule has 120 valence electrons. The molecule has 7 heteroatoms. The normalized spacial score (nSPS) is 12.0. The molecule has 0 unspecified atom stereocenters. The first-order valence-electron chi connectivity index (χ1n) is 6.78. The Morgan fingerprint density at radius 3 is 2.59 bits per heavy atom. The van der Waals surface area contributed by atoms with Crippen molar-refractivity contribution in [2.24, 2.45) is 0 Å². The van der Waals surface area contributed by atoms with E-state index in [4.69, 9.17) is 4.74 Å². The van der Waals surface area contributed by atoms with Crippen LogP contribution in [0.4, 0.5) is 13.2 Å². The second kappa shape index (κ2) is 6.39. The van der Waals surface area contributed by atoms with Gasteiger partial charge in [-0.15, -0.1) is 0 Å². The van der Waals surface area contributed by atoms with Crippen molar-refractivity contribution >= 4 is 0 Å². The summed E-state index contributed by atoms with van der Waals surface area (Å²) in [5.74, 6) is 0.0652. The van der Waals surface area contributed by atoms with Gasteiger partial charge in [0.15, 0.2) is 6.61 Å². The van der Waals surface area contributed by atoms with E-state index in [1.54, 1.807) is 23.0 Å². The van der Waals surface area contributed by atoms with Gasteiger partial charge in [0.1, 0.15) is 5.75 Å². The number of aromatic nitrogens is 2. The summed E-state index contributed by atoms with van der Waals surface area (Å²) in [5.41, 5.74) is 1.88. The fraction of sp³-hybridized carbons (Fsp3) is 0.400. The number of aliphatic hydroxyl groups excluding tert-OH is 1. The molecular formula is C15H17F3N2O2. The third-order valence-corrected chi connectivity index (χ3v) is 3.01. The van der Waals surface area contributed by atoms with Gasteiger partial charge in [-0.2, -0.15) is 18.3 Å². The molecule has 2 rings (SSSR count). The van der Waals surface area contributed by atoms with Crippen LogP contribution in [0.15, 0.2) is 30.5 Å². The number of halogens is 3. The van der Waals surface area contributed by atoms with Crippen LogP contribution in [-0.2, 0) is 6.61 Å². The van der Waals surface area contributed by atoms with Crippen LogP contribution in [0.3, 0.4) is 0 Å². The number of nitrogens with zero attached hydrogens (tertiary/aromatic N) is 2. The van der Waals surface area contributed by atoms with E-state index < -0.39 is 12.8 Å². The van der Waals surface area contributed by atoms with Crippen LogP contribution in [0.5, 0.6) is 5.75 Å². The second-order valence-corrected chi connectivity index (χ2v) is 5.18. The highest BCUT2D eigenvalue weighted by molar-refractivity contribution is 5.63. The highest BCUT2D eigenvalue weighted by Gasteiger charge is 2.28. The summed E-state index contributed by atoms with van der Waals surface area (Å²) in [6.07, 6.45) is -2.79. The van der Waals surface area contributed by atoms with Crippen LogP contribution >= 0.6 is 0 Å². The summed E-state index contributed by atoms with van der Waals surface area (Å²) >= 11 is 0. The molecule has 0 radical (unpaired) electrons. The van der Waals surface area contributed by atoms with Gasteiger partial charge in [0.25, 0.3) is 0 Å². The molecule has 0 atom stereocenters. The summed E-state index contributed by atoms with van der Waals surface area (Å²) in [4.78, 5) is 0. The highest BCUT2D eigenvalue weighted by Crippen LogP contribution is 2.29. The molecule has 1 N–H and O–H groups in total. The number of rotatable bonds is 5. The monoisotopic (exact) mass is 314 g/mol. The molecule has 22 heavy (non-hydrogen) atoms. The molecule has 1 aromatic carbocycles. The molecule has 0 fully saturated rings. The van der Waals surface area contributed by atoms with Gasteiger partial charge in [0.2, 0.25) is 0 Å². The van der Waals surface area contributed by atoms with E-state index in [1.165, 1.54) is 12.1 Å². The van der Waals surface area contributed by atoms with Crippen molar-refractivity contribution in [3.8, 4) is 17.0 Å². The maximum atomic E-state index is 12.3. The Morgan fingerprint density at radius 1 is 1.27 bits per heavy atom. The lowest BCUT2D eigenvalue weighted by Gasteiger charge is -2.14. The third kappa shape index (κ3) is 4.00. The van der Waals surface area contributed by atoms with E-state index in [9.17, 15) is 18.3 Å². The number of ether oxygens (including phenoxy) is 1. The van der Waals surface area contributed by atoms with Gasteiger partial charge >= 0.3 is 6.18 Å². The highest BCUT2D eigenvalue weighted by atomic mass is 19.4. The first-order valence-corrected chi connectivity index (χ1v) is 6.78. The SMILES string of the molecule is CC(C)n1nccc1-c1cc(CO)cc(OCC(F)(F)F)c1. The summed E-state index contributed by atoms with van der Waals surface area (Å²) in [5, 5.41) is 13.5. The topological polar surface area (TPSA) is 47.3 Å². The lowest BCUT2D eigenvalue weighted by molar-refractivity contribution is -0.153. The van der Waals surface area contributed by atoms with Crippen LogP contribution in [0.1, 0.15) is 25.5 Å². The molecule has 1 aromatic heterocycles. The van der Waals surface area contributed by atoms with E-state index in [1.807, 2.05) is 13.8 Å². The standard InChI is InChI=1S/C15H17F3N2O2/c1-10(2)20-14(3-4-19-20)12-5-11(8-21)6-13(7-12)22-9-15(16,17)18/h3-7,10,21H,8-9H2,1-2H3. The molecule has 0 spiro atoms.